The second-order valence-corrected chi connectivity index (χ2v) is 6.94. The van der Waals surface area contributed by atoms with E-state index in [1.807, 2.05) is 65.7 Å². The van der Waals surface area contributed by atoms with Crippen molar-refractivity contribution in [2.75, 3.05) is 6.54 Å². The highest BCUT2D eigenvalue weighted by atomic mass is 16.1. The molecule has 0 saturated heterocycles. The molecule has 2 heterocycles. The van der Waals surface area contributed by atoms with Gasteiger partial charge in [0, 0.05) is 36.3 Å². The molecular weight excluding hydrogens is 348 g/mol. The Morgan fingerprint density at radius 2 is 1.86 bits per heavy atom. The fourth-order valence-corrected chi connectivity index (χ4v) is 3.42. The minimum atomic E-state index is 0.107. The zero-order valence-electron chi connectivity index (χ0n) is 15.8. The molecule has 0 atom stereocenters. The number of benzene rings is 2. The van der Waals surface area contributed by atoms with E-state index in [1.54, 1.807) is 0 Å². The topological polar surface area (TPSA) is 62.7 Å². The first-order valence-electron chi connectivity index (χ1n) is 9.70. The number of hydrogen-bond donors (Lipinski definition) is 2. The van der Waals surface area contributed by atoms with Gasteiger partial charge in [0.2, 0.25) is 5.91 Å². The number of para-hydroxylation sites is 2. The van der Waals surface area contributed by atoms with Gasteiger partial charge >= 0.3 is 0 Å². The van der Waals surface area contributed by atoms with E-state index in [9.17, 15) is 4.79 Å². The highest BCUT2D eigenvalue weighted by Crippen LogP contribution is 2.19. The van der Waals surface area contributed by atoms with Crippen LogP contribution in [0.1, 0.15) is 24.0 Å². The molecule has 142 valence electrons. The number of nitrogens with one attached hydrogen (secondary N) is 2. The Balaban J connectivity index is 1.19. The Hall–Kier alpha value is -3.34. The van der Waals surface area contributed by atoms with Crippen LogP contribution in [0.15, 0.2) is 73.2 Å². The third-order valence-corrected chi connectivity index (χ3v) is 4.92. The van der Waals surface area contributed by atoms with Crippen molar-refractivity contribution in [1.82, 2.24) is 20.1 Å². The first-order chi connectivity index (χ1) is 13.8. The van der Waals surface area contributed by atoms with Crippen molar-refractivity contribution < 1.29 is 4.79 Å². The summed E-state index contributed by atoms with van der Waals surface area (Å²) in [4.78, 5) is 15.4. The lowest BCUT2D eigenvalue weighted by Gasteiger charge is -2.04. The quantitative estimate of drug-likeness (QED) is 0.490. The molecule has 5 heteroatoms. The minimum absolute atomic E-state index is 0.107. The molecule has 0 bridgehead atoms. The van der Waals surface area contributed by atoms with Gasteiger partial charge in [0.15, 0.2) is 0 Å². The number of carbonyl (C=O) groups is 1. The van der Waals surface area contributed by atoms with Crippen LogP contribution < -0.4 is 5.32 Å². The zero-order valence-corrected chi connectivity index (χ0v) is 15.8. The number of aromatic nitrogens is 3. The lowest BCUT2D eigenvalue weighted by molar-refractivity contribution is -0.121. The number of aromatic amines is 1. The molecule has 1 amide bonds. The van der Waals surface area contributed by atoms with Crippen molar-refractivity contribution in [3.05, 3.63) is 84.3 Å². The van der Waals surface area contributed by atoms with Crippen molar-refractivity contribution in [3.63, 3.8) is 0 Å². The average Bonchev–Trinajstić information content (AvgIpc) is 3.36. The Bertz CT molecular complexity index is 1050. The second-order valence-electron chi connectivity index (χ2n) is 6.94. The molecule has 2 aromatic carbocycles. The first-order valence-corrected chi connectivity index (χ1v) is 9.70. The number of amides is 1. The molecule has 28 heavy (non-hydrogen) atoms. The first kappa shape index (κ1) is 18.0. The number of rotatable bonds is 8. The molecule has 4 aromatic rings. The minimum Gasteiger partial charge on any atom is -0.361 e. The van der Waals surface area contributed by atoms with E-state index in [1.165, 1.54) is 10.9 Å². The molecule has 0 aliphatic rings. The predicted octanol–water partition coefficient (Wildman–Crippen LogP) is 4.04. The van der Waals surface area contributed by atoms with E-state index in [0.29, 0.717) is 13.0 Å². The van der Waals surface area contributed by atoms with E-state index in [4.69, 9.17) is 0 Å². The number of H-pyrrole nitrogens is 1. The van der Waals surface area contributed by atoms with Crippen molar-refractivity contribution in [2.24, 2.45) is 0 Å². The van der Waals surface area contributed by atoms with Gasteiger partial charge in [-0.2, -0.15) is 5.10 Å². The predicted molar refractivity (Wildman–Crippen MR) is 112 cm³/mol. The largest absolute Gasteiger partial charge is 0.361 e. The lowest BCUT2D eigenvalue weighted by Crippen LogP contribution is -2.25. The van der Waals surface area contributed by atoms with Gasteiger partial charge in [-0.05, 0) is 48.6 Å². The molecular formula is C23H24N4O. The lowest BCUT2D eigenvalue weighted by atomic mass is 10.1. The van der Waals surface area contributed by atoms with Crippen LogP contribution in [0.2, 0.25) is 0 Å². The van der Waals surface area contributed by atoms with Crippen LogP contribution in [0.4, 0.5) is 0 Å². The maximum absolute atomic E-state index is 12.1. The van der Waals surface area contributed by atoms with E-state index >= 15 is 0 Å². The summed E-state index contributed by atoms with van der Waals surface area (Å²) in [6.07, 6.45) is 8.99. The fourth-order valence-electron chi connectivity index (χ4n) is 3.42. The van der Waals surface area contributed by atoms with Crippen LogP contribution in [-0.4, -0.2) is 27.2 Å². The summed E-state index contributed by atoms with van der Waals surface area (Å²) in [5, 5.41) is 8.65. The Labute approximate surface area is 164 Å². The molecule has 0 unspecified atom stereocenters. The number of carbonyl (C=O) groups excluding carboxylic acids is 1. The van der Waals surface area contributed by atoms with Crippen LogP contribution in [0.25, 0.3) is 16.6 Å². The molecule has 0 spiro atoms. The SMILES string of the molecule is O=C(CCCc1c[nH]c2ccccc12)NCCc1cnn(-c2ccccc2)c1. The van der Waals surface area contributed by atoms with E-state index in [-0.39, 0.29) is 5.91 Å². The smallest absolute Gasteiger partial charge is 0.220 e. The van der Waals surface area contributed by atoms with Crippen LogP contribution in [0.3, 0.4) is 0 Å². The molecule has 0 radical (unpaired) electrons. The summed E-state index contributed by atoms with van der Waals surface area (Å²) >= 11 is 0. The second kappa shape index (κ2) is 8.57. The van der Waals surface area contributed by atoms with Gasteiger partial charge in [0.25, 0.3) is 0 Å². The standard InChI is InChI=1S/C23H24N4O/c28-23(12-6-7-19-16-25-22-11-5-4-10-21(19)22)24-14-13-18-15-26-27(17-18)20-8-2-1-3-9-20/h1-5,8-11,15-17,25H,6-7,12-14H2,(H,24,28). The van der Waals surface area contributed by atoms with E-state index in [0.717, 1.165) is 36.0 Å². The molecule has 0 fully saturated rings. The number of fused-ring (bicyclic) bond motifs is 1. The Kier molecular flexibility index (Phi) is 5.52. The number of aryl methyl sites for hydroxylation is 1. The van der Waals surface area contributed by atoms with Crippen molar-refractivity contribution in [3.8, 4) is 5.69 Å². The van der Waals surface area contributed by atoms with Crippen molar-refractivity contribution in [1.29, 1.82) is 0 Å². The summed E-state index contributed by atoms with van der Waals surface area (Å²) in [5.74, 6) is 0.107. The summed E-state index contributed by atoms with van der Waals surface area (Å²) in [7, 11) is 0. The van der Waals surface area contributed by atoms with Crippen LogP contribution >= 0.6 is 0 Å². The van der Waals surface area contributed by atoms with Gasteiger partial charge in [-0.25, -0.2) is 4.68 Å². The van der Waals surface area contributed by atoms with Gasteiger partial charge in [0.05, 0.1) is 11.9 Å². The van der Waals surface area contributed by atoms with Gasteiger partial charge < -0.3 is 10.3 Å². The highest BCUT2D eigenvalue weighted by molar-refractivity contribution is 5.83. The highest BCUT2D eigenvalue weighted by Gasteiger charge is 2.06. The van der Waals surface area contributed by atoms with Crippen molar-refractivity contribution in [2.45, 2.75) is 25.7 Å². The van der Waals surface area contributed by atoms with Gasteiger partial charge in [-0.15, -0.1) is 0 Å². The summed E-state index contributed by atoms with van der Waals surface area (Å²) in [6.45, 7) is 0.631. The Morgan fingerprint density at radius 3 is 2.75 bits per heavy atom. The average molecular weight is 372 g/mol. The van der Waals surface area contributed by atoms with E-state index < -0.39 is 0 Å². The normalized spacial score (nSPS) is 11.0. The molecule has 2 N–H and O–H groups in total. The number of hydrogen-bond acceptors (Lipinski definition) is 2. The maximum atomic E-state index is 12.1. The molecule has 0 aliphatic carbocycles. The van der Waals surface area contributed by atoms with Gasteiger partial charge in [-0.3, -0.25) is 4.79 Å². The van der Waals surface area contributed by atoms with Crippen molar-refractivity contribution >= 4 is 16.8 Å². The Morgan fingerprint density at radius 1 is 1.04 bits per heavy atom. The van der Waals surface area contributed by atoms with Gasteiger partial charge in [-0.1, -0.05) is 36.4 Å². The summed E-state index contributed by atoms with van der Waals surface area (Å²) in [5.41, 5.74) is 4.58. The number of nitrogens with zero attached hydrogens (tertiary/aromatic N) is 2. The van der Waals surface area contributed by atoms with Gasteiger partial charge in [0.1, 0.15) is 0 Å². The monoisotopic (exact) mass is 372 g/mol. The molecule has 2 aromatic heterocycles. The van der Waals surface area contributed by atoms with Crippen LogP contribution in [0.5, 0.6) is 0 Å². The zero-order chi connectivity index (χ0) is 19.2. The molecule has 0 saturated carbocycles. The summed E-state index contributed by atoms with van der Waals surface area (Å²) < 4.78 is 1.86. The fraction of sp³-hybridized carbons (Fsp3) is 0.217. The third-order valence-electron chi connectivity index (χ3n) is 4.92. The van der Waals surface area contributed by atoms with E-state index in [2.05, 4.69) is 27.5 Å². The maximum Gasteiger partial charge on any atom is 0.220 e. The van der Waals surface area contributed by atoms with Crippen LogP contribution in [0, 0.1) is 0 Å². The molecule has 5 nitrogen and oxygen atoms in total. The third kappa shape index (κ3) is 4.31. The molecule has 0 aliphatic heterocycles. The summed E-state index contributed by atoms with van der Waals surface area (Å²) in [6, 6.07) is 18.3. The molecule has 4 rings (SSSR count). The van der Waals surface area contributed by atoms with Crippen LogP contribution in [-0.2, 0) is 17.6 Å².